The molecule has 7 heteroatoms. The smallest absolute Gasteiger partial charge is 0.254 e. The Balaban J connectivity index is 1.43. The van der Waals surface area contributed by atoms with Crippen LogP contribution in [0.1, 0.15) is 82.7 Å². The Hall–Kier alpha value is -3.48. The molecule has 2 aromatic carbocycles. The molecule has 0 radical (unpaired) electrons. The molecule has 5 rings (SSSR count). The molecule has 3 fully saturated rings. The summed E-state index contributed by atoms with van der Waals surface area (Å²) in [4.78, 5) is 56.5. The monoisotopic (exact) mass is 501 g/mol. The standard InChI is InChI=1S/C30H35N3O4/c1-19-9-5-6-12-21(19)29(36)33-18-26(34)27-25(33)15-16-32(27)30(37)24(17-20-10-3-2-4-11-20)22-13-7-8-14-23(22)28(31)35/h5-9,12-14,20,24-25,27H,2-4,10-11,15-18H2,1H3,(H2,31,35)/t24-,25?,27?/m0/s1. The van der Waals surface area contributed by atoms with Gasteiger partial charge in [0.25, 0.3) is 5.91 Å². The van der Waals surface area contributed by atoms with Crippen LogP contribution >= 0.6 is 0 Å². The number of amides is 3. The second kappa shape index (κ2) is 10.5. The van der Waals surface area contributed by atoms with E-state index in [4.69, 9.17) is 5.73 Å². The molecule has 1 saturated carbocycles. The number of hydrogen-bond donors (Lipinski definition) is 1. The van der Waals surface area contributed by atoms with Gasteiger partial charge in [0.1, 0.15) is 6.04 Å². The van der Waals surface area contributed by atoms with E-state index in [1.165, 1.54) is 6.42 Å². The first-order valence-electron chi connectivity index (χ1n) is 13.5. The summed E-state index contributed by atoms with van der Waals surface area (Å²) in [6.07, 6.45) is 6.82. The highest BCUT2D eigenvalue weighted by Crippen LogP contribution is 2.39. The van der Waals surface area contributed by atoms with E-state index in [2.05, 4.69) is 0 Å². The minimum Gasteiger partial charge on any atom is -0.366 e. The van der Waals surface area contributed by atoms with Gasteiger partial charge in [-0.2, -0.15) is 0 Å². The van der Waals surface area contributed by atoms with Crippen molar-refractivity contribution in [2.24, 2.45) is 11.7 Å². The largest absolute Gasteiger partial charge is 0.366 e. The molecular weight excluding hydrogens is 466 g/mol. The second-order valence-corrected chi connectivity index (χ2v) is 10.8. The summed E-state index contributed by atoms with van der Waals surface area (Å²) in [5, 5.41) is 0. The van der Waals surface area contributed by atoms with E-state index in [1.54, 1.807) is 28.0 Å². The van der Waals surface area contributed by atoms with Gasteiger partial charge in [0, 0.05) is 17.7 Å². The minimum atomic E-state index is -0.643. The first kappa shape index (κ1) is 25.2. The maximum atomic E-state index is 14.2. The molecule has 2 heterocycles. The van der Waals surface area contributed by atoms with Crippen molar-refractivity contribution < 1.29 is 19.2 Å². The highest BCUT2D eigenvalue weighted by atomic mass is 16.2. The average Bonchev–Trinajstić information content (AvgIpc) is 3.49. The van der Waals surface area contributed by atoms with Crippen LogP contribution in [0.2, 0.25) is 0 Å². The van der Waals surface area contributed by atoms with Gasteiger partial charge in [0.05, 0.1) is 18.5 Å². The van der Waals surface area contributed by atoms with Crippen LogP contribution in [0.4, 0.5) is 0 Å². The molecular formula is C30H35N3O4. The summed E-state index contributed by atoms with van der Waals surface area (Å²) in [6.45, 7) is 2.31. The third-order valence-electron chi connectivity index (χ3n) is 8.54. The third-order valence-corrected chi connectivity index (χ3v) is 8.54. The van der Waals surface area contributed by atoms with Gasteiger partial charge in [-0.3, -0.25) is 19.2 Å². The number of nitrogens with zero attached hydrogens (tertiary/aromatic N) is 2. The van der Waals surface area contributed by atoms with E-state index >= 15 is 0 Å². The number of fused-ring (bicyclic) bond motifs is 1. The van der Waals surface area contributed by atoms with Crippen LogP contribution in [0.5, 0.6) is 0 Å². The van der Waals surface area contributed by atoms with E-state index < -0.39 is 17.9 Å². The van der Waals surface area contributed by atoms with Gasteiger partial charge in [-0.15, -0.1) is 0 Å². The topological polar surface area (TPSA) is 101 Å². The number of Topliss-reactive ketones (excluding diaryl/α,β-unsaturated/α-hetero) is 1. The molecule has 3 amide bonds. The fourth-order valence-corrected chi connectivity index (χ4v) is 6.65. The molecule has 37 heavy (non-hydrogen) atoms. The highest BCUT2D eigenvalue weighted by Gasteiger charge is 2.52. The number of primary amides is 1. The van der Waals surface area contributed by atoms with Crippen molar-refractivity contribution in [3.8, 4) is 0 Å². The highest BCUT2D eigenvalue weighted by molar-refractivity contribution is 6.04. The molecule has 7 nitrogen and oxygen atoms in total. The van der Waals surface area contributed by atoms with Crippen molar-refractivity contribution >= 4 is 23.5 Å². The molecule has 0 aromatic heterocycles. The van der Waals surface area contributed by atoms with Crippen LogP contribution in [-0.2, 0) is 9.59 Å². The van der Waals surface area contributed by atoms with Gasteiger partial charge < -0.3 is 15.5 Å². The van der Waals surface area contributed by atoms with Crippen LogP contribution in [0.15, 0.2) is 48.5 Å². The maximum absolute atomic E-state index is 14.2. The number of likely N-dealkylation sites (tertiary alicyclic amines) is 2. The van der Waals surface area contributed by atoms with Crippen molar-refractivity contribution in [1.82, 2.24) is 9.80 Å². The Morgan fingerprint density at radius 2 is 1.59 bits per heavy atom. The average molecular weight is 502 g/mol. The lowest BCUT2D eigenvalue weighted by molar-refractivity contribution is -0.138. The Kier molecular flexibility index (Phi) is 7.13. The molecule has 2 aliphatic heterocycles. The number of rotatable bonds is 6. The van der Waals surface area contributed by atoms with Crippen LogP contribution in [-0.4, -0.2) is 58.5 Å². The Labute approximate surface area is 218 Å². The number of carbonyl (C=O) groups is 4. The number of hydrogen-bond acceptors (Lipinski definition) is 4. The Morgan fingerprint density at radius 3 is 2.30 bits per heavy atom. The molecule has 2 N–H and O–H groups in total. The molecule has 194 valence electrons. The second-order valence-electron chi connectivity index (χ2n) is 10.8. The summed E-state index contributed by atoms with van der Waals surface area (Å²) in [5.74, 6) is -1.10. The lowest BCUT2D eigenvalue weighted by Crippen LogP contribution is -2.45. The first-order valence-corrected chi connectivity index (χ1v) is 13.5. The zero-order chi connectivity index (χ0) is 26.1. The first-order chi connectivity index (χ1) is 17.9. The zero-order valence-electron chi connectivity index (χ0n) is 21.4. The molecule has 0 bridgehead atoms. The fourth-order valence-electron chi connectivity index (χ4n) is 6.65. The van der Waals surface area contributed by atoms with Crippen LogP contribution in [0, 0.1) is 12.8 Å². The predicted molar refractivity (Wildman–Crippen MR) is 140 cm³/mol. The normalized spacial score (nSPS) is 22.7. The molecule has 2 aromatic rings. The van der Waals surface area contributed by atoms with E-state index in [0.29, 0.717) is 42.0 Å². The molecule has 3 aliphatic rings. The Morgan fingerprint density at radius 1 is 0.919 bits per heavy atom. The van der Waals surface area contributed by atoms with E-state index in [1.807, 2.05) is 37.3 Å². The number of ketones is 1. The van der Waals surface area contributed by atoms with Gasteiger partial charge in [-0.25, -0.2) is 0 Å². The summed E-state index contributed by atoms with van der Waals surface area (Å²) in [7, 11) is 0. The SMILES string of the molecule is Cc1ccccc1C(=O)N1CC(=O)C2C1CCN2C(=O)[C@@H](CC1CCCCC1)c1ccccc1C(N)=O. The summed E-state index contributed by atoms with van der Waals surface area (Å²) in [6, 6.07) is 13.5. The fraction of sp³-hybridized carbons (Fsp3) is 0.467. The number of benzene rings is 2. The predicted octanol–water partition coefficient (Wildman–Crippen LogP) is 3.84. The Bertz CT molecular complexity index is 1220. The molecule has 0 spiro atoms. The lowest BCUT2D eigenvalue weighted by atomic mass is 9.79. The summed E-state index contributed by atoms with van der Waals surface area (Å²) >= 11 is 0. The number of aryl methyl sites for hydroxylation is 1. The van der Waals surface area contributed by atoms with Crippen molar-refractivity contribution in [1.29, 1.82) is 0 Å². The van der Waals surface area contributed by atoms with Crippen LogP contribution < -0.4 is 5.73 Å². The van der Waals surface area contributed by atoms with Gasteiger partial charge >= 0.3 is 0 Å². The minimum absolute atomic E-state index is 0.0114. The van der Waals surface area contributed by atoms with Crippen LogP contribution in [0.25, 0.3) is 0 Å². The van der Waals surface area contributed by atoms with Gasteiger partial charge in [0.2, 0.25) is 11.8 Å². The molecule has 1 aliphatic carbocycles. The van der Waals surface area contributed by atoms with Crippen molar-refractivity contribution in [2.45, 2.75) is 69.9 Å². The number of nitrogens with two attached hydrogens (primary N) is 1. The third kappa shape index (κ3) is 4.79. The van der Waals surface area contributed by atoms with Crippen molar-refractivity contribution in [2.75, 3.05) is 13.1 Å². The van der Waals surface area contributed by atoms with E-state index in [-0.39, 0.29) is 30.2 Å². The van der Waals surface area contributed by atoms with Crippen molar-refractivity contribution in [3.63, 3.8) is 0 Å². The van der Waals surface area contributed by atoms with Gasteiger partial charge in [0.15, 0.2) is 5.78 Å². The lowest BCUT2D eigenvalue weighted by Gasteiger charge is -2.32. The van der Waals surface area contributed by atoms with Crippen LogP contribution in [0.3, 0.4) is 0 Å². The van der Waals surface area contributed by atoms with Gasteiger partial charge in [-0.1, -0.05) is 68.5 Å². The maximum Gasteiger partial charge on any atom is 0.254 e. The van der Waals surface area contributed by atoms with E-state index in [9.17, 15) is 19.2 Å². The quantitative estimate of drug-likeness (QED) is 0.650. The summed E-state index contributed by atoms with van der Waals surface area (Å²) < 4.78 is 0. The molecule has 2 saturated heterocycles. The van der Waals surface area contributed by atoms with E-state index in [0.717, 1.165) is 31.2 Å². The zero-order valence-corrected chi connectivity index (χ0v) is 21.4. The number of carbonyl (C=O) groups excluding carboxylic acids is 4. The van der Waals surface area contributed by atoms with Crippen molar-refractivity contribution in [3.05, 3.63) is 70.8 Å². The molecule has 3 atom stereocenters. The molecule has 2 unspecified atom stereocenters. The van der Waals surface area contributed by atoms with Gasteiger partial charge in [-0.05, 0) is 48.9 Å². The summed E-state index contributed by atoms with van der Waals surface area (Å²) in [5.41, 5.74) is 8.17.